The normalized spacial score (nSPS) is 12.9. The van der Waals surface area contributed by atoms with Gasteiger partial charge >= 0.3 is 5.97 Å². The molecule has 42 heavy (non-hydrogen) atoms. The first-order valence-corrected chi connectivity index (χ1v) is 15.3. The van der Waals surface area contributed by atoms with Crippen LogP contribution in [0.15, 0.2) is 59.8 Å². The van der Waals surface area contributed by atoms with Crippen molar-refractivity contribution in [3.05, 3.63) is 87.8 Å². The van der Waals surface area contributed by atoms with Crippen LogP contribution in [0.3, 0.4) is 0 Å². The van der Waals surface area contributed by atoms with Gasteiger partial charge in [-0.15, -0.1) is 21.5 Å². The van der Waals surface area contributed by atoms with Crippen molar-refractivity contribution in [2.75, 3.05) is 11.9 Å². The third kappa shape index (κ3) is 6.71. The van der Waals surface area contributed by atoms with Gasteiger partial charge in [-0.3, -0.25) is 14.2 Å². The van der Waals surface area contributed by atoms with E-state index >= 15 is 0 Å². The number of hydrogen-bond donors (Lipinski definition) is 2. The Kier molecular flexibility index (Phi) is 9.33. The second kappa shape index (κ2) is 13.3. The molecule has 2 amide bonds. The number of hydrogen-bond acceptors (Lipinski definition) is 8. The number of aromatic nitrogens is 3. The number of thiophene rings is 1. The van der Waals surface area contributed by atoms with E-state index in [2.05, 4.69) is 20.8 Å². The van der Waals surface area contributed by atoms with Crippen molar-refractivity contribution >= 4 is 45.9 Å². The molecule has 1 aliphatic carbocycles. The first-order valence-electron chi connectivity index (χ1n) is 13.6. The molecule has 5 rings (SSSR count). The number of carbonyl (C=O) groups excluding carboxylic acids is 3. The molecule has 0 aliphatic heterocycles. The number of rotatable bonds is 11. The van der Waals surface area contributed by atoms with Crippen molar-refractivity contribution in [1.82, 2.24) is 20.1 Å². The van der Waals surface area contributed by atoms with Crippen molar-refractivity contribution in [2.24, 2.45) is 0 Å². The van der Waals surface area contributed by atoms with Gasteiger partial charge in [0.2, 0.25) is 11.8 Å². The highest BCUT2D eigenvalue weighted by Gasteiger charge is 2.30. The zero-order valence-electron chi connectivity index (χ0n) is 23.2. The largest absolute Gasteiger partial charge is 0.462 e. The summed E-state index contributed by atoms with van der Waals surface area (Å²) in [6, 6.07) is 15.2. The average molecular weight is 608 g/mol. The fourth-order valence-electron chi connectivity index (χ4n) is 4.70. The van der Waals surface area contributed by atoms with Crippen LogP contribution in [0.2, 0.25) is 0 Å². The van der Waals surface area contributed by atoms with Crippen LogP contribution in [-0.4, -0.2) is 44.4 Å². The minimum atomic E-state index is -0.624. The third-order valence-corrected chi connectivity index (χ3v) is 8.98. The molecule has 2 N–H and O–H groups in total. The topological polar surface area (TPSA) is 115 Å². The second-order valence-corrected chi connectivity index (χ2v) is 12.1. The maximum atomic E-state index is 13.7. The molecule has 4 aromatic rings. The van der Waals surface area contributed by atoms with Crippen LogP contribution in [0, 0.1) is 5.82 Å². The number of ether oxygens (including phenoxy) is 1. The van der Waals surface area contributed by atoms with Crippen molar-refractivity contribution in [2.45, 2.75) is 56.5 Å². The summed E-state index contributed by atoms with van der Waals surface area (Å²) in [5.41, 5.74) is 2.88. The molecule has 2 aromatic carbocycles. The number of halogens is 1. The van der Waals surface area contributed by atoms with Gasteiger partial charge in [0, 0.05) is 10.6 Å². The number of nitrogens with one attached hydrogen (secondary N) is 2. The summed E-state index contributed by atoms with van der Waals surface area (Å²) < 4.78 is 20.7. The lowest BCUT2D eigenvalue weighted by Gasteiger charge is -2.14. The van der Waals surface area contributed by atoms with Gasteiger partial charge in [-0.05, 0) is 68.5 Å². The summed E-state index contributed by atoms with van der Waals surface area (Å²) in [6.45, 7) is 3.82. The van der Waals surface area contributed by atoms with Crippen LogP contribution < -0.4 is 10.6 Å². The molecule has 12 heteroatoms. The van der Waals surface area contributed by atoms with Crippen LogP contribution in [0.1, 0.15) is 52.5 Å². The molecule has 0 saturated heterocycles. The molecular weight excluding hydrogens is 577 g/mol. The van der Waals surface area contributed by atoms with Crippen LogP contribution in [0.5, 0.6) is 0 Å². The fraction of sp³-hybridized carbons (Fsp3) is 0.300. The standard InChI is InChI=1S/C30H30FN5O4S2/c1-3-40-29(39)26-22-10-7-11-23(22)42-28(26)33-27(38)18(2)41-30-35-34-24(36(30)21-14-12-20(31)13-15-21)17-32-25(37)16-19-8-5-4-6-9-19/h4-6,8-9,12-15,18H,3,7,10-11,16-17H2,1-2H3,(H,32,37)(H,33,38). The Hall–Kier alpha value is -4.03. The van der Waals surface area contributed by atoms with E-state index in [4.69, 9.17) is 4.74 Å². The monoisotopic (exact) mass is 607 g/mol. The number of thioether (sulfide) groups is 1. The van der Waals surface area contributed by atoms with Gasteiger partial charge in [-0.1, -0.05) is 42.1 Å². The van der Waals surface area contributed by atoms with Crippen LogP contribution >= 0.6 is 23.1 Å². The van der Waals surface area contributed by atoms with Gasteiger partial charge in [0.15, 0.2) is 11.0 Å². The molecule has 218 valence electrons. The van der Waals surface area contributed by atoms with Crippen molar-refractivity contribution < 1.29 is 23.5 Å². The van der Waals surface area contributed by atoms with Crippen LogP contribution in [0.25, 0.3) is 5.69 Å². The zero-order chi connectivity index (χ0) is 29.6. The first-order chi connectivity index (χ1) is 20.3. The molecule has 0 spiro atoms. The van der Waals surface area contributed by atoms with Gasteiger partial charge in [-0.2, -0.15) is 0 Å². The predicted molar refractivity (Wildman–Crippen MR) is 160 cm³/mol. The number of nitrogens with zero attached hydrogens (tertiary/aromatic N) is 3. The van der Waals surface area contributed by atoms with Crippen LogP contribution in [-0.2, 0) is 40.1 Å². The summed E-state index contributed by atoms with van der Waals surface area (Å²) in [6.07, 6.45) is 2.84. The first kappa shape index (κ1) is 29.5. The molecule has 2 aromatic heterocycles. The van der Waals surface area contributed by atoms with E-state index in [0.29, 0.717) is 27.2 Å². The Morgan fingerprint density at radius 1 is 1.10 bits per heavy atom. The summed E-state index contributed by atoms with van der Waals surface area (Å²) in [5, 5.41) is 14.6. The van der Waals surface area contributed by atoms with E-state index in [1.54, 1.807) is 30.5 Å². The fourth-order valence-corrected chi connectivity index (χ4v) is 6.87. The Labute approximate surface area is 250 Å². The van der Waals surface area contributed by atoms with Crippen molar-refractivity contribution in [1.29, 1.82) is 0 Å². The molecule has 9 nitrogen and oxygen atoms in total. The molecule has 0 bridgehead atoms. The van der Waals surface area contributed by atoms with Crippen LogP contribution in [0.4, 0.5) is 9.39 Å². The lowest BCUT2D eigenvalue weighted by Crippen LogP contribution is -2.26. The maximum Gasteiger partial charge on any atom is 0.341 e. The molecule has 1 unspecified atom stereocenters. The van der Waals surface area contributed by atoms with Crippen molar-refractivity contribution in [3.8, 4) is 5.69 Å². The zero-order valence-corrected chi connectivity index (χ0v) is 24.8. The Bertz CT molecular complexity index is 1590. The highest BCUT2D eigenvalue weighted by atomic mass is 32.2. The molecule has 0 saturated carbocycles. The molecule has 1 atom stereocenters. The third-order valence-electron chi connectivity index (χ3n) is 6.73. The molecular formula is C30H30FN5O4S2. The number of esters is 1. The lowest BCUT2D eigenvalue weighted by molar-refractivity contribution is -0.120. The number of aryl methyl sites for hydroxylation is 1. The Balaban J connectivity index is 1.33. The highest BCUT2D eigenvalue weighted by Crippen LogP contribution is 2.40. The van der Waals surface area contributed by atoms with E-state index in [9.17, 15) is 18.8 Å². The Morgan fingerprint density at radius 2 is 1.86 bits per heavy atom. The number of carbonyl (C=O) groups is 3. The Morgan fingerprint density at radius 3 is 2.60 bits per heavy atom. The smallest absolute Gasteiger partial charge is 0.341 e. The van der Waals surface area contributed by atoms with E-state index in [1.807, 2.05) is 30.3 Å². The quantitative estimate of drug-likeness (QED) is 0.180. The SMILES string of the molecule is CCOC(=O)c1c(NC(=O)C(C)Sc2nnc(CNC(=O)Cc3ccccc3)n2-c2ccc(F)cc2)sc2c1CCC2. The minimum Gasteiger partial charge on any atom is -0.462 e. The molecule has 0 fully saturated rings. The molecule has 2 heterocycles. The van der Waals surface area contributed by atoms with Crippen molar-refractivity contribution in [3.63, 3.8) is 0 Å². The van der Waals surface area contributed by atoms with Gasteiger partial charge < -0.3 is 15.4 Å². The number of anilines is 1. The highest BCUT2D eigenvalue weighted by molar-refractivity contribution is 8.00. The number of amides is 2. The van der Waals surface area contributed by atoms with Gasteiger partial charge in [0.25, 0.3) is 0 Å². The predicted octanol–water partition coefficient (Wildman–Crippen LogP) is 5.11. The number of fused-ring (bicyclic) bond motifs is 1. The summed E-state index contributed by atoms with van der Waals surface area (Å²) in [7, 11) is 0. The maximum absolute atomic E-state index is 13.7. The van der Waals surface area contributed by atoms with Gasteiger partial charge in [0.05, 0.1) is 30.4 Å². The summed E-state index contributed by atoms with van der Waals surface area (Å²) in [5.74, 6) is -0.888. The van der Waals surface area contributed by atoms with E-state index in [0.717, 1.165) is 35.3 Å². The van der Waals surface area contributed by atoms with E-state index in [-0.39, 0.29) is 31.4 Å². The van der Waals surface area contributed by atoms with Gasteiger partial charge in [0.1, 0.15) is 10.8 Å². The second-order valence-electron chi connectivity index (χ2n) is 9.68. The lowest BCUT2D eigenvalue weighted by atomic mass is 10.1. The van der Waals surface area contributed by atoms with Gasteiger partial charge in [-0.25, -0.2) is 9.18 Å². The average Bonchev–Trinajstić information content (AvgIpc) is 3.68. The summed E-state index contributed by atoms with van der Waals surface area (Å²) >= 11 is 2.59. The number of benzene rings is 2. The van der Waals surface area contributed by atoms with E-state index in [1.165, 1.54) is 35.2 Å². The minimum absolute atomic E-state index is 0.0842. The molecule has 0 radical (unpaired) electrons. The van der Waals surface area contributed by atoms with E-state index < -0.39 is 17.0 Å². The molecule has 1 aliphatic rings. The summed E-state index contributed by atoms with van der Waals surface area (Å²) in [4.78, 5) is 39.7.